The molecule has 29 heavy (non-hydrogen) atoms. The highest BCUT2D eigenvalue weighted by Crippen LogP contribution is 2.20. The van der Waals surface area contributed by atoms with Gasteiger partial charge in [0.25, 0.3) is 15.9 Å². The van der Waals surface area contributed by atoms with Crippen molar-refractivity contribution in [1.82, 2.24) is 14.3 Å². The predicted molar refractivity (Wildman–Crippen MR) is 104 cm³/mol. The Bertz CT molecular complexity index is 1160. The van der Waals surface area contributed by atoms with Gasteiger partial charge in [-0.05, 0) is 43.3 Å². The fraction of sp³-hybridized carbons (Fsp3) is 0.167. The van der Waals surface area contributed by atoms with E-state index in [2.05, 4.69) is 9.82 Å². The molecule has 0 aliphatic heterocycles. The summed E-state index contributed by atoms with van der Waals surface area (Å²) in [5.41, 5.74) is 6.41. The van der Waals surface area contributed by atoms with E-state index in [0.717, 1.165) is 0 Å². The monoisotopic (exact) mass is 417 g/mol. The van der Waals surface area contributed by atoms with E-state index in [1.807, 2.05) is 0 Å². The topological polar surface area (TPSA) is 138 Å². The van der Waals surface area contributed by atoms with Crippen molar-refractivity contribution in [3.05, 3.63) is 60.2 Å². The number of nitrogens with one attached hydrogen (secondary N) is 1. The van der Waals surface area contributed by atoms with E-state index >= 15 is 0 Å². The first-order valence-corrected chi connectivity index (χ1v) is 10.0. The van der Waals surface area contributed by atoms with Crippen molar-refractivity contribution in [3.63, 3.8) is 0 Å². The Morgan fingerprint density at radius 3 is 2.48 bits per heavy atom. The SMILES string of the molecule is CCOC(=O)c1ccn(-c2ccc(NS(=O)(=O)c3cc(C(N)=O)n(C)c3)cc2)n1. The zero-order valence-corrected chi connectivity index (χ0v) is 16.5. The summed E-state index contributed by atoms with van der Waals surface area (Å²) >= 11 is 0. The summed E-state index contributed by atoms with van der Waals surface area (Å²) in [6.07, 6.45) is 2.90. The maximum Gasteiger partial charge on any atom is 0.358 e. The Labute approximate surface area is 166 Å². The molecule has 0 spiro atoms. The van der Waals surface area contributed by atoms with Crippen molar-refractivity contribution in [1.29, 1.82) is 0 Å². The number of nitrogens with two attached hydrogens (primary N) is 1. The van der Waals surface area contributed by atoms with Gasteiger partial charge in [-0.15, -0.1) is 0 Å². The molecular weight excluding hydrogens is 398 g/mol. The molecule has 2 aromatic heterocycles. The summed E-state index contributed by atoms with van der Waals surface area (Å²) < 4.78 is 35.2. The van der Waals surface area contributed by atoms with Crippen LogP contribution in [0.5, 0.6) is 0 Å². The van der Waals surface area contributed by atoms with Crippen LogP contribution in [-0.4, -0.2) is 41.2 Å². The van der Waals surface area contributed by atoms with Gasteiger partial charge < -0.3 is 15.0 Å². The van der Waals surface area contributed by atoms with Crippen LogP contribution in [-0.2, 0) is 21.8 Å². The van der Waals surface area contributed by atoms with Crippen LogP contribution in [0, 0.1) is 0 Å². The normalized spacial score (nSPS) is 11.2. The lowest BCUT2D eigenvalue weighted by Crippen LogP contribution is -2.14. The van der Waals surface area contributed by atoms with Crippen molar-refractivity contribution in [2.75, 3.05) is 11.3 Å². The van der Waals surface area contributed by atoms with E-state index in [1.165, 1.54) is 34.6 Å². The van der Waals surface area contributed by atoms with Crippen molar-refractivity contribution < 1.29 is 22.7 Å². The summed E-state index contributed by atoms with van der Waals surface area (Å²) in [5, 5.41) is 4.14. The zero-order chi connectivity index (χ0) is 21.2. The molecule has 0 atom stereocenters. The lowest BCUT2D eigenvalue weighted by Gasteiger charge is -2.08. The van der Waals surface area contributed by atoms with E-state index in [9.17, 15) is 18.0 Å². The molecule has 1 aromatic carbocycles. The number of amides is 1. The van der Waals surface area contributed by atoms with Gasteiger partial charge in [0.1, 0.15) is 10.6 Å². The smallest absolute Gasteiger partial charge is 0.358 e. The maximum absolute atomic E-state index is 12.5. The molecule has 0 saturated carbocycles. The molecular formula is C18H19N5O5S. The molecule has 0 aliphatic carbocycles. The molecule has 1 amide bonds. The number of sulfonamides is 1. The quantitative estimate of drug-likeness (QED) is 0.556. The van der Waals surface area contributed by atoms with Crippen LogP contribution < -0.4 is 10.5 Å². The second-order valence-electron chi connectivity index (χ2n) is 6.05. The number of anilines is 1. The van der Waals surface area contributed by atoms with Gasteiger partial charge >= 0.3 is 5.97 Å². The average Bonchev–Trinajstić information content (AvgIpc) is 3.30. The van der Waals surface area contributed by atoms with Crippen LogP contribution >= 0.6 is 0 Å². The maximum atomic E-state index is 12.5. The Morgan fingerprint density at radius 1 is 1.21 bits per heavy atom. The Morgan fingerprint density at radius 2 is 1.90 bits per heavy atom. The highest BCUT2D eigenvalue weighted by Gasteiger charge is 2.19. The van der Waals surface area contributed by atoms with Crippen molar-refractivity contribution in [2.24, 2.45) is 12.8 Å². The van der Waals surface area contributed by atoms with Crippen LogP contribution in [0.25, 0.3) is 5.69 Å². The largest absolute Gasteiger partial charge is 0.461 e. The molecule has 3 N–H and O–H groups in total. The van der Waals surface area contributed by atoms with Crippen molar-refractivity contribution in [3.8, 4) is 5.69 Å². The highest BCUT2D eigenvalue weighted by molar-refractivity contribution is 7.92. The van der Waals surface area contributed by atoms with E-state index in [-0.39, 0.29) is 22.9 Å². The number of esters is 1. The summed E-state index contributed by atoms with van der Waals surface area (Å²) in [5.74, 6) is -1.24. The molecule has 0 aliphatic rings. The van der Waals surface area contributed by atoms with Gasteiger partial charge in [-0.2, -0.15) is 5.10 Å². The molecule has 0 radical (unpaired) electrons. The molecule has 0 saturated heterocycles. The van der Waals surface area contributed by atoms with Crippen molar-refractivity contribution >= 4 is 27.6 Å². The third-order valence-electron chi connectivity index (χ3n) is 4.00. The first-order valence-electron chi connectivity index (χ1n) is 8.53. The van der Waals surface area contributed by atoms with E-state index < -0.39 is 21.9 Å². The second kappa shape index (κ2) is 7.80. The predicted octanol–water partition coefficient (Wildman–Crippen LogP) is 1.29. The van der Waals surface area contributed by atoms with Crippen LogP contribution in [0.4, 0.5) is 5.69 Å². The zero-order valence-electron chi connectivity index (χ0n) is 15.7. The number of hydrogen-bond donors (Lipinski definition) is 2. The number of primary amides is 1. The summed E-state index contributed by atoms with van der Waals surface area (Å²) in [7, 11) is -2.37. The number of rotatable bonds is 7. The lowest BCUT2D eigenvalue weighted by atomic mass is 10.3. The number of carbonyl (C=O) groups is 2. The molecule has 3 aromatic rings. The van der Waals surface area contributed by atoms with E-state index in [4.69, 9.17) is 10.5 Å². The Balaban J connectivity index is 1.77. The van der Waals surface area contributed by atoms with Crippen LogP contribution in [0.15, 0.2) is 53.7 Å². The molecule has 3 rings (SSSR count). The molecule has 10 nitrogen and oxygen atoms in total. The minimum Gasteiger partial charge on any atom is -0.461 e. The van der Waals surface area contributed by atoms with Gasteiger partial charge in [0.15, 0.2) is 5.69 Å². The Hall–Kier alpha value is -3.60. The van der Waals surface area contributed by atoms with E-state index in [1.54, 1.807) is 37.4 Å². The number of nitrogens with zero attached hydrogens (tertiary/aromatic N) is 3. The summed E-state index contributed by atoms with van der Waals surface area (Å²) in [6, 6.07) is 9.12. The average molecular weight is 417 g/mol. The molecule has 0 unspecified atom stereocenters. The molecule has 0 bridgehead atoms. The fourth-order valence-corrected chi connectivity index (χ4v) is 3.73. The van der Waals surface area contributed by atoms with Gasteiger partial charge in [0, 0.05) is 25.1 Å². The third kappa shape index (κ3) is 4.29. The van der Waals surface area contributed by atoms with Crippen LogP contribution in [0.2, 0.25) is 0 Å². The van der Waals surface area contributed by atoms with Crippen molar-refractivity contribution in [2.45, 2.75) is 11.8 Å². The molecule has 2 heterocycles. The highest BCUT2D eigenvalue weighted by atomic mass is 32.2. The first kappa shape index (κ1) is 20.1. The molecule has 11 heteroatoms. The minimum absolute atomic E-state index is 0.0796. The third-order valence-corrected chi connectivity index (χ3v) is 5.35. The van der Waals surface area contributed by atoms with E-state index in [0.29, 0.717) is 11.4 Å². The van der Waals surface area contributed by atoms with Gasteiger partial charge in [0.2, 0.25) is 0 Å². The number of carbonyl (C=O) groups excluding carboxylic acids is 2. The minimum atomic E-state index is -3.90. The first-order chi connectivity index (χ1) is 13.7. The Kier molecular flexibility index (Phi) is 5.41. The van der Waals surface area contributed by atoms with Crippen LogP contribution in [0.3, 0.4) is 0 Å². The summed E-state index contributed by atoms with van der Waals surface area (Å²) in [6.45, 7) is 1.96. The number of benzene rings is 1. The number of aromatic nitrogens is 3. The van der Waals surface area contributed by atoms with Gasteiger partial charge in [0.05, 0.1) is 12.3 Å². The number of aryl methyl sites for hydroxylation is 1. The summed E-state index contributed by atoms with van der Waals surface area (Å²) in [4.78, 5) is 22.9. The fourth-order valence-electron chi connectivity index (χ4n) is 2.60. The number of hydrogen-bond acceptors (Lipinski definition) is 6. The number of ether oxygens (including phenoxy) is 1. The van der Waals surface area contributed by atoms with Crippen LogP contribution in [0.1, 0.15) is 27.9 Å². The lowest BCUT2D eigenvalue weighted by molar-refractivity contribution is 0.0518. The second-order valence-corrected chi connectivity index (χ2v) is 7.74. The van der Waals surface area contributed by atoms with Gasteiger partial charge in [-0.25, -0.2) is 17.9 Å². The molecule has 152 valence electrons. The standard InChI is InChI=1S/C18H19N5O5S/c1-3-28-18(25)15-8-9-23(20-15)13-6-4-12(5-7-13)21-29(26,27)14-10-16(17(19)24)22(2)11-14/h4-11,21H,3H2,1-2H3,(H2,19,24). The van der Waals surface area contributed by atoms with Gasteiger partial charge in [-0.3, -0.25) is 9.52 Å². The van der Waals surface area contributed by atoms with Gasteiger partial charge in [-0.1, -0.05) is 0 Å². The molecule has 0 fully saturated rings.